The van der Waals surface area contributed by atoms with Crippen LogP contribution in [0.2, 0.25) is 0 Å². The molecular weight excluding hydrogens is 524 g/mol. The fourth-order valence-corrected chi connectivity index (χ4v) is 5.11. The van der Waals surface area contributed by atoms with Crippen molar-refractivity contribution in [1.29, 1.82) is 0 Å². The van der Waals surface area contributed by atoms with Gasteiger partial charge in [-0.1, -0.05) is 86.8 Å². The van der Waals surface area contributed by atoms with Crippen molar-refractivity contribution in [2.24, 2.45) is 11.1 Å². The van der Waals surface area contributed by atoms with Gasteiger partial charge in [0.2, 0.25) is 0 Å². The first-order valence-corrected chi connectivity index (χ1v) is 16.1. The summed E-state index contributed by atoms with van der Waals surface area (Å²) >= 11 is 0. The number of oxime groups is 1. The van der Waals surface area contributed by atoms with Crippen LogP contribution in [-0.4, -0.2) is 79.4 Å². The highest BCUT2D eigenvalue weighted by Crippen LogP contribution is 2.30. The fraction of sp³-hybridized carbons (Fsp3) is 0.600. The van der Waals surface area contributed by atoms with Crippen molar-refractivity contribution in [3.05, 3.63) is 60.2 Å². The number of carbonyl (C=O) groups is 1. The number of likely N-dealkylation sites (tertiary alicyclic amines) is 1. The van der Waals surface area contributed by atoms with Crippen molar-refractivity contribution in [3.8, 4) is 5.75 Å². The van der Waals surface area contributed by atoms with E-state index in [9.17, 15) is 4.79 Å². The molecule has 3 aliphatic heterocycles. The van der Waals surface area contributed by atoms with Crippen LogP contribution in [0.3, 0.4) is 0 Å². The number of unbranched alkanes of at least 4 members (excludes halogenated alkanes) is 1. The summed E-state index contributed by atoms with van der Waals surface area (Å²) in [4.78, 5) is 25.1. The Balaban J connectivity index is 0.000000371. The summed E-state index contributed by atoms with van der Waals surface area (Å²) in [5, 5.41) is 4.15. The lowest BCUT2D eigenvalue weighted by Crippen LogP contribution is -2.49. The van der Waals surface area contributed by atoms with E-state index in [4.69, 9.17) is 9.57 Å². The molecule has 3 heterocycles. The van der Waals surface area contributed by atoms with Crippen LogP contribution in [0.25, 0.3) is 0 Å². The highest BCUT2D eigenvalue weighted by Gasteiger charge is 2.32. The highest BCUT2D eigenvalue weighted by atomic mass is 16.6. The Morgan fingerprint density at radius 1 is 0.929 bits per heavy atom. The molecule has 7 heteroatoms. The molecule has 0 radical (unpaired) electrons. The Morgan fingerprint density at radius 3 is 2.12 bits per heavy atom. The molecule has 3 aliphatic rings. The fourth-order valence-electron chi connectivity index (χ4n) is 5.11. The van der Waals surface area contributed by atoms with Crippen molar-refractivity contribution in [2.45, 2.75) is 85.9 Å². The third kappa shape index (κ3) is 11.0. The standard InChI is InChI=1S/C24H36N4O3.C7H8.C4H10/c1-18(2)30-23-7-5-4-6-22(23)27-14-12-26(13-15-27)17-20-16-21(25-31-20)24(29)28-10-8-19(3)9-11-28;1-7-5-3-2-4-6-7;1-3-4-2/h4-7,18-20H,8-17H2,1-3H3;2-6H,1H3;3-4H2,1-2H3/t20-;;/m0../s1. The third-order valence-electron chi connectivity index (χ3n) is 7.89. The number of piperazine rings is 1. The maximum Gasteiger partial charge on any atom is 0.271 e. The number of ether oxygens (including phenoxy) is 1. The van der Waals surface area contributed by atoms with Gasteiger partial charge < -0.3 is 19.4 Å². The number of para-hydroxylation sites is 2. The minimum atomic E-state index is -0.0224. The molecule has 0 aliphatic carbocycles. The SMILES string of the molecule is CC1CCN(C(=O)C2=NO[C@H](CN3CCN(c4ccccc4OC(C)C)CC3)C2)CC1.CCCC.Cc1ccccc1. The topological polar surface area (TPSA) is 57.6 Å². The monoisotopic (exact) mass is 578 g/mol. The van der Waals surface area contributed by atoms with E-state index in [2.05, 4.69) is 80.8 Å². The van der Waals surface area contributed by atoms with Crippen LogP contribution in [0.5, 0.6) is 5.75 Å². The number of aryl methyl sites for hydroxylation is 1. The number of piperidine rings is 1. The summed E-state index contributed by atoms with van der Waals surface area (Å²) in [5.41, 5.74) is 3.08. The van der Waals surface area contributed by atoms with Crippen molar-refractivity contribution in [2.75, 3.05) is 50.7 Å². The first-order valence-electron chi connectivity index (χ1n) is 16.1. The largest absolute Gasteiger partial charge is 0.489 e. The van der Waals surface area contributed by atoms with Crippen LogP contribution < -0.4 is 9.64 Å². The van der Waals surface area contributed by atoms with E-state index in [1.54, 1.807) is 0 Å². The van der Waals surface area contributed by atoms with Crippen molar-refractivity contribution in [1.82, 2.24) is 9.80 Å². The molecule has 2 aromatic carbocycles. The number of benzene rings is 2. The van der Waals surface area contributed by atoms with Gasteiger partial charge in [-0.25, -0.2) is 0 Å². The molecule has 0 saturated carbocycles. The van der Waals surface area contributed by atoms with Gasteiger partial charge in [0.05, 0.1) is 11.8 Å². The molecule has 2 aromatic rings. The van der Waals surface area contributed by atoms with E-state index in [1.165, 1.54) is 24.1 Å². The van der Waals surface area contributed by atoms with E-state index >= 15 is 0 Å². The predicted molar refractivity (Wildman–Crippen MR) is 175 cm³/mol. The zero-order valence-electron chi connectivity index (χ0n) is 26.9. The molecule has 1 amide bonds. The van der Waals surface area contributed by atoms with E-state index in [1.807, 2.05) is 35.2 Å². The zero-order valence-corrected chi connectivity index (χ0v) is 26.9. The third-order valence-corrected chi connectivity index (χ3v) is 7.89. The van der Waals surface area contributed by atoms with E-state index in [0.717, 1.165) is 64.4 Å². The molecule has 0 aromatic heterocycles. The number of hydrogen-bond donors (Lipinski definition) is 0. The summed E-state index contributed by atoms with van der Waals surface area (Å²) < 4.78 is 6.00. The zero-order chi connectivity index (χ0) is 30.3. The predicted octanol–water partition coefficient (Wildman–Crippen LogP) is 6.80. The molecule has 0 N–H and O–H groups in total. The summed E-state index contributed by atoms with van der Waals surface area (Å²) in [5.74, 6) is 1.73. The molecule has 7 nitrogen and oxygen atoms in total. The molecular formula is C35H54N4O3. The molecule has 0 spiro atoms. The highest BCUT2D eigenvalue weighted by molar-refractivity contribution is 6.39. The van der Waals surface area contributed by atoms with Gasteiger partial charge in [-0.15, -0.1) is 0 Å². The van der Waals surface area contributed by atoms with Crippen LogP contribution in [0.4, 0.5) is 5.69 Å². The molecule has 2 saturated heterocycles. The van der Waals surface area contributed by atoms with Crippen LogP contribution in [0.15, 0.2) is 59.8 Å². The second kappa shape index (κ2) is 17.8. The van der Waals surface area contributed by atoms with E-state index < -0.39 is 0 Å². The number of carbonyl (C=O) groups excluding carboxylic acids is 1. The van der Waals surface area contributed by atoms with Crippen molar-refractivity contribution in [3.63, 3.8) is 0 Å². The van der Waals surface area contributed by atoms with Crippen molar-refractivity contribution < 1.29 is 14.4 Å². The molecule has 1 atom stereocenters. The van der Waals surface area contributed by atoms with Crippen molar-refractivity contribution >= 4 is 17.3 Å². The number of anilines is 1. The molecule has 42 heavy (non-hydrogen) atoms. The van der Waals surface area contributed by atoms with Gasteiger partial charge in [0, 0.05) is 52.2 Å². The molecule has 232 valence electrons. The average molecular weight is 579 g/mol. The molecule has 0 bridgehead atoms. The summed E-state index contributed by atoms with van der Waals surface area (Å²) in [6, 6.07) is 18.5. The number of hydrogen-bond acceptors (Lipinski definition) is 6. The number of amides is 1. The van der Waals surface area contributed by atoms with Gasteiger partial charge in [0.1, 0.15) is 17.6 Å². The maximum absolute atomic E-state index is 12.7. The van der Waals surface area contributed by atoms with Gasteiger partial charge in [-0.05, 0) is 51.7 Å². The average Bonchev–Trinajstić information content (AvgIpc) is 3.47. The smallest absolute Gasteiger partial charge is 0.271 e. The second-order valence-corrected chi connectivity index (χ2v) is 12.0. The second-order valence-electron chi connectivity index (χ2n) is 12.0. The first kappa shape index (κ1) is 33.4. The van der Waals surface area contributed by atoms with Gasteiger partial charge in [-0.2, -0.15) is 0 Å². The van der Waals surface area contributed by atoms with Gasteiger partial charge in [0.15, 0.2) is 0 Å². The lowest BCUT2D eigenvalue weighted by atomic mass is 9.98. The van der Waals surface area contributed by atoms with Crippen LogP contribution in [0.1, 0.15) is 72.3 Å². The van der Waals surface area contributed by atoms with E-state index in [-0.39, 0.29) is 18.1 Å². The Labute approximate surface area is 254 Å². The van der Waals surface area contributed by atoms with Crippen LogP contribution in [-0.2, 0) is 9.63 Å². The molecule has 5 rings (SSSR count). The Hall–Kier alpha value is -3.06. The lowest BCUT2D eigenvalue weighted by Gasteiger charge is -2.37. The Kier molecular flexibility index (Phi) is 14.2. The lowest BCUT2D eigenvalue weighted by molar-refractivity contribution is -0.125. The minimum Gasteiger partial charge on any atom is -0.489 e. The molecule has 2 fully saturated rings. The van der Waals surface area contributed by atoms with Gasteiger partial charge in [0.25, 0.3) is 5.91 Å². The normalized spacial score (nSPS) is 19.2. The Morgan fingerprint density at radius 2 is 1.55 bits per heavy atom. The first-order chi connectivity index (χ1) is 20.3. The molecule has 0 unspecified atom stereocenters. The summed E-state index contributed by atoms with van der Waals surface area (Å²) in [7, 11) is 0. The maximum atomic E-state index is 12.7. The van der Waals surface area contributed by atoms with Crippen LogP contribution in [0, 0.1) is 12.8 Å². The Bertz CT molecular complexity index is 1070. The van der Waals surface area contributed by atoms with E-state index in [0.29, 0.717) is 18.1 Å². The quantitative estimate of drug-likeness (QED) is 0.362. The summed E-state index contributed by atoms with van der Waals surface area (Å²) in [6.45, 7) is 19.1. The van der Waals surface area contributed by atoms with Crippen LogP contribution >= 0.6 is 0 Å². The summed E-state index contributed by atoms with van der Waals surface area (Å²) in [6.07, 6.45) is 5.56. The van der Waals surface area contributed by atoms with Gasteiger partial charge >= 0.3 is 0 Å². The van der Waals surface area contributed by atoms with Gasteiger partial charge in [-0.3, -0.25) is 9.69 Å². The number of nitrogens with zero attached hydrogens (tertiary/aromatic N) is 4. The number of rotatable bonds is 7. The minimum absolute atomic E-state index is 0.0224.